The molecule has 0 aliphatic heterocycles. The van der Waals surface area contributed by atoms with E-state index in [-0.39, 0.29) is 21.5 Å². The van der Waals surface area contributed by atoms with Crippen LogP contribution in [0.15, 0.2) is 53.4 Å². The molecular weight excluding hydrogens is 422 g/mol. The Morgan fingerprint density at radius 2 is 1.70 bits per heavy atom. The summed E-state index contributed by atoms with van der Waals surface area (Å²) in [6.45, 7) is 4.67. The highest BCUT2D eigenvalue weighted by Crippen LogP contribution is 2.23. The highest BCUT2D eigenvalue weighted by molar-refractivity contribution is 7.89. The smallest absolute Gasteiger partial charge is 0.252 e. The topological polar surface area (TPSA) is 69.7 Å². The minimum Gasteiger partial charge on any atom is -0.350 e. The Morgan fingerprint density at radius 1 is 1.07 bits per heavy atom. The van der Waals surface area contributed by atoms with E-state index in [0.29, 0.717) is 19.6 Å². The minimum atomic E-state index is -3.67. The normalized spacial score (nSPS) is 12.9. The zero-order valence-electron chi connectivity index (χ0n) is 17.9. The molecule has 2 rings (SSSR count). The van der Waals surface area contributed by atoms with Crippen LogP contribution >= 0.6 is 11.6 Å². The molecular formula is C22H30ClN3O3S. The highest BCUT2D eigenvalue weighted by atomic mass is 35.5. The van der Waals surface area contributed by atoms with Crippen molar-refractivity contribution in [3.63, 3.8) is 0 Å². The van der Waals surface area contributed by atoms with E-state index in [1.54, 1.807) is 13.8 Å². The third kappa shape index (κ3) is 6.04. The van der Waals surface area contributed by atoms with Gasteiger partial charge in [-0.25, -0.2) is 8.42 Å². The van der Waals surface area contributed by atoms with Crippen molar-refractivity contribution in [2.24, 2.45) is 0 Å². The Labute approximate surface area is 184 Å². The molecule has 1 amide bonds. The quantitative estimate of drug-likeness (QED) is 0.601. The van der Waals surface area contributed by atoms with Gasteiger partial charge in [0.25, 0.3) is 5.91 Å². The van der Waals surface area contributed by atoms with E-state index in [0.717, 1.165) is 6.42 Å². The Kier molecular flexibility index (Phi) is 8.85. The van der Waals surface area contributed by atoms with E-state index in [9.17, 15) is 13.2 Å². The lowest BCUT2D eigenvalue weighted by Gasteiger charge is -2.25. The molecule has 164 valence electrons. The van der Waals surface area contributed by atoms with Crippen LogP contribution in [0.5, 0.6) is 0 Å². The van der Waals surface area contributed by atoms with Gasteiger partial charge in [0.1, 0.15) is 0 Å². The molecule has 2 aromatic carbocycles. The fraction of sp³-hybridized carbons (Fsp3) is 0.409. The van der Waals surface area contributed by atoms with E-state index < -0.39 is 15.9 Å². The number of carbonyl (C=O) groups excluding carboxylic acids is 1. The maximum absolute atomic E-state index is 12.8. The Hall–Kier alpha value is -1.93. The fourth-order valence-electron chi connectivity index (χ4n) is 3.18. The molecule has 1 atom stereocenters. The van der Waals surface area contributed by atoms with E-state index in [4.69, 9.17) is 11.6 Å². The summed E-state index contributed by atoms with van der Waals surface area (Å²) < 4.78 is 26.9. The van der Waals surface area contributed by atoms with Gasteiger partial charge < -0.3 is 10.2 Å². The molecule has 0 saturated carbocycles. The number of hydrogen-bond acceptors (Lipinski definition) is 4. The molecule has 30 heavy (non-hydrogen) atoms. The molecule has 1 N–H and O–H groups in total. The van der Waals surface area contributed by atoms with Crippen LogP contribution < -0.4 is 5.32 Å². The standard InChI is InChI=1S/C22H30ClN3O3S/c1-5-26(6-2)30(28,29)19-12-13-21(23)20(15-19)22(27)24-16-18(25(3)4)14-17-10-8-7-9-11-17/h7-13,15,18H,5-6,14,16H2,1-4H3,(H,24,27)/t18-/m0/s1. The average Bonchev–Trinajstić information content (AvgIpc) is 2.72. The molecule has 6 nitrogen and oxygen atoms in total. The number of hydrogen-bond donors (Lipinski definition) is 1. The average molecular weight is 452 g/mol. The van der Waals surface area contributed by atoms with Crippen LogP contribution in [0, 0.1) is 0 Å². The summed E-state index contributed by atoms with van der Waals surface area (Å²) in [5, 5.41) is 3.12. The van der Waals surface area contributed by atoms with Gasteiger partial charge in [-0.1, -0.05) is 55.8 Å². The van der Waals surface area contributed by atoms with Crippen LogP contribution in [0.25, 0.3) is 0 Å². The molecule has 0 bridgehead atoms. The number of nitrogens with zero attached hydrogens (tertiary/aromatic N) is 2. The zero-order chi connectivity index (χ0) is 22.3. The van der Waals surface area contributed by atoms with E-state index in [2.05, 4.69) is 22.3 Å². The summed E-state index contributed by atoms with van der Waals surface area (Å²) in [5.41, 5.74) is 1.33. The maximum Gasteiger partial charge on any atom is 0.252 e. The SMILES string of the molecule is CCN(CC)S(=O)(=O)c1ccc(Cl)c(C(=O)NC[C@H](Cc2ccccc2)N(C)C)c1. The van der Waals surface area contributed by atoms with Crippen LogP contribution in [0.2, 0.25) is 5.02 Å². The number of likely N-dealkylation sites (N-methyl/N-ethyl adjacent to an activating group) is 1. The Bertz CT molecular complexity index is 945. The van der Waals surface area contributed by atoms with Crippen LogP contribution in [-0.4, -0.2) is 63.3 Å². The first-order chi connectivity index (χ1) is 14.2. The Balaban J connectivity index is 2.18. The maximum atomic E-state index is 12.8. The van der Waals surface area contributed by atoms with Crippen molar-refractivity contribution >= 4 is 27.5 Å². The molecule has 0 aliphatic rings. The second kappa shape index (κ2) is 10.9. The number of halogens is 1. The second-order valence-corrected chi connectivity index (χ2v) is 9.59. The predicted molar refractivity (Wildman–Crippen MR) is 122 cm³/mol. The predicted octanol–water partition coefficient (Wildman–Crippen LogP) is 3.27. The third-order valence-electron chi connectivity index (χ3n) is 5.07. The molecule has 0 spiro atoms. The third-order valence-corrected chi connectivity index (χ3v) is 7.44. The van der Waals surface area contributed by atoms with Gasteiger partial charge in [-0.3, -0.25) is 4.79 Å². The summed E-state index contributed by atoms with van der Waals surface area (Å²) in [5.74, 6) is -0.392. The van der Waals surface area contributed by atoms with Gasteiger partial charge in [-0.2, -0.15) is 4.31 Å². The number of benzene rings is 2. The molecule has 0 aromatic heterocycles. The summed E-state index contributed by atoms with van der Waals surface area (Å²) >= 11 is 6.22. The molecule has 0 heterocycles. The van der Waals surface area contributed by atoms with E-state index in [1.165, 1.54) is 28.1 Å². The number of rotatable bonds is 10. The molecule has 0 radical (unpaired) electrons. The molecule has 0 fully saturated rings. The summed E-state index contributed by atoms with van der Waals surface area (Å²) in [7, 11) is 0.252. The minimum absolute atomic E-state index is 0.0641. The van der Waals surface area contributed by atoms with Gasteiger partial charge in [0.15, 0.2) is 0 Å². The first-order valence-corrected chi connectivity index (χ1v) is 11.8. The van der Waals surface area contributed by atoms with Gasteiger partial charge in [0.05, 0.1) is 15.5 Å². The summed E-state index contributed by atoms with van der Waals surface area (Å²) in [4.78, 5) is 14.9. The van der Waals surface area contributed by atoms with Gasteiger partial charge in [-0.05, 0) is 44.3 Å². The van der Waals surface area contributed by atoms with Gasteiger partial charge in [0, 0.05) is 25.7 Å². The Morgan fingerprint density at radius 3 is 2.27 bits per heavy atom. The molecule has 8 heteroatoms. The second-order valence-electron chi connectivity index (χ2n) is 7.25. The fourth-order valence-corrected chi connectivity index (χ4v) is 4.87. The van der Waals surface area contributed by atoms with E-state index >= 15 is 0 Å². The summed E-state index contributed by atoms with van der Waals surface area (Å²) in [6.07, 6.45) is 0.776. The molecule has 0 unspecified atom stereocenters. The number of carbonyl (C=O) groups is 1. The first-order valence-electron chi connectivity index (χ1n) is 9.98. The highest BCUT2D eigenvalue weighted by Gasteiger charge is 2.24. The van der Waals surface area contributed by atoms with Crippen molar-refractivity contribution in [1.29, 1.82) is 0 Å². The van der Waals surface area contributed by atoms with Gasteiger partial charge in [-0.15, -0.1) is 0 Å². The van der Waals surface area contributed by atoms with Crippen LogP contribution in [-0.2, 0) is 16.4 Å². The summed E-state index contributed by atoms with van der Waals surface area (Å²) in [6, 6.07) is 14.4. The monoisotopic (exact) mass is 451 g/mol. The van der Waals surface area contributed by atoms with Crippen molar-refractivity contribution in [3.8, 4) is 0 Å². The first kappa shape index (κ1) is 24.3. The largest absolute Gasteiger partial charge is 0.350 e. The number of nitrogens with one attached hydrogen (secondary N) is 1. The van der Waals surface area contributed by atoms with Crippen LogP contribution in [0.4, 0.5) is 0 Å². The van der Waals surface area contributed by atoms with Crippen molar-refractivity contribution in [2.45, 2.75) is 31.2 Å². The van der Waals surface area contributed by atoms with Crippen molar-refractivity contribution in [3.05, 3.63) is 64.7 Å². The van der Waals surface area contributed by atoms with Crippen molar-refractivity contribution in [1.82, 2.24) is 14.5 Å². The zero-order valence-corrected chi connectivity index (χ0v) is 19.5. The lowest BCUT2D eigenvalue weighted by atomic mass is 10.0. The van der Waals surface area contributed by atoms with Gasteiger partial charge >= 0.3 is 0 Å². The number of sulfonamides is 1. The van der Waals surface area contributed by atoms with Crippen LogP contribution in [0.3, 0.4) is 0 Å². The lowest BCUT2D eigenvalue weighted by Crippen LogP contribution is -2.41. The lowest BCUT2D eigenvalue weighted by molar-refractivity contribution is 0.0941. The molecule has 2 aromatic rings. The molecule has 0 aliphatic carbocycles. The van der Waals surface area contributed by atoms with Crippen molar-refractivity contribution in [2.75, 3.05) is 33.7 Å². The van der Waals surface area contributed by atoms with E-state index in [1.807, 2.05) is 32.3 Å². The number of amides is 1. The molecule has 0 saturated heterocycles. The van der Waals surface area contributed by atoms with Crippen LogP contribution in [0.1, 0.15) is 29.8 Å². The van der Waals surface area contributed by atoms with Crippen molar-refractivity contribution < 1.29 is 13.2 Å². The van der Waals surface area contributed by atoms with Gasteiger partial charge in [0.2, 0.25) is 10.0 Å².